The topological polar surface area (TPSA) is 90.9 Å². The van der Waals surface area contributed by atoms with E-state index in [0.717, 1.165) is 25.0 Å². The maximum Gasteiger partial charge on any atom is 0.255 e. The van der Waals surface area contributed by atoms with Crippen LogP contribution in [0.2, 0.25) is 0 Å². The molecule has 24 heavy (non-hydrogen) atoms. The van der Waals surface area contributed by atoms with Crippen LogP contribution in [0.15, 0.2) is 12.4 Å². The Morgan fingerprint density at radius 2 is 2.12 bits per heavy atom. The van der Waals surface area contributed by atoms with Crippen LogP contribution >= 0.6 is 0 Å². The number of rotatable bonds is 7. The third-order valence-electron chi connectivity index (χ3n) is 4.24. The molecule has 0 saturated carbocycles. The summed E-state index contributed by atoms with van der Waals surface area (Å²) in [6, 6.07) is -0.309. The van der Waals surface area contributed by atoms with Crippen molar-refractivity contribution in [2.45, 2.75) is 71.4 Å². The lowest BCUT2D eigenvalue weighted by atomic mass is 9.93. The molecule has 0 aliphatic rings. The molecule has 2 aromatic rings. The zero-order chi connectivity index (χ0) is 17.9. The molecule has 2 rings (SSSR count). The Morgan fingerprint density at radius 3 is 2.71 bits per heavy atom. The number of nitrogens with one attached hydrogen (secondary N) is 2. The minimum absolute atomic E-state index is 0.236. The fourth-order valence-corrected chi connectivity index (χ4v) is 2.60. The summed E-state index contributed by atoms with van der Waals surface area (Å²) >= 11 is 0. The van der Waals surface area contributed by atoms with Gasteiger partial charge in [0.25, 0.3) is 5.91 Å². The maximum atomic E-state index is 12.7. The molecule has 2 aromatic heterocycles. The fourth-order valence-electron chi connectivity index (χ4n) is 2.60. The van der Waals surface area contributed by atoms with Crippen LogP contribution in [-0.4, -0.2) is 37.6 Å². The highest BCUT2D eigenvalue weighted by atomic mass is 16.3. The Bertz CT molecular complexity index is 701. The average Bonchev–Trinajstić information content (AvgIpc) is 2.93. The lowest BCUT2D eigenvalue weighted by molar-refractivity contribution is 0.0315. The second-order valence-corrected chi connectivity index (χ2v) is 7.17. The van der Waals surface area contributed by atoms with Crippen molar-refractivity contribution in [1.29, 1.82) is 0 Å². The third-order valence-corrected chi connectivity index (χ3v) is 4.24. The van der Waals surface area contributed by atoms with Crippen LogP contribution in [0, 0.1) is 0 Å². The average molecular weight is 332 g/mol. The number of hydrogen-bond acceptors (Lipinski definition) is 4. The minimum Gasteiger partial charge on any atom is -0.388 e. The van der Waals surface area contributed by atoms with Crippen molar-refractivity contribution in [3.05, 3.63) is 23.7 Å². The molecule has 6 heteroatoms. The Morgan fingerprint density at radius 1 is 1.42 bits per heavy atom. The molecule has 132 valence electrons. The van der Waals surface area contributed by atoms with E-state index in [4.69, 9.17) is 0 Å². The highest BCUT2D eigenvalue weighted by molar-refractivity contribution is 6.04. The Kier molecular flexibility index (Phi) is 5.59. The number of nitrogens with zero attached hydrogens (tertiary/aromatic N) is 2. The highest BCUT2D eigenvalue weighted by Gasteiger charge is 2.29. The van der Waals surface area contributed by atoms with E-state index >= 15 is 0 Å². The molecule has 0 radical (unpaired) electrons. The summed E-state index contributed by atoms with van der Waals surface area (Å²) in [5.41, 5.74) is 1.50. The van der Waals surface area contributed by atoms with Gasteiger partial charge in [0, 0.05) is 6.20 Å². The summed E-state index contributed by atoms with van der Waals surface area (Å²) < 4.78 is 0. The SMILES string of the molecule is CCCC[C@H](NC(=O)c1c[nH]c2ncc(C(C)C)nc12)C(C)(C)O. The van der Waals surface area contributed by atoms with E-state index < -0.39 is 5.60 Å². The Balaban J connectivity index is 2.28. The molecule has 0 spiro atoms. The maximum absolute atomic E-state index is 12.7. The smallest absolute Gasteiger partial charge is 0.255 e. The zero-order valence-electron chi connectivity index (χ0n) is 15.2. The predicted molar refractivity (Wildman–Crippen MR) is 95.1 cm³/mol. The van der Waals surface area contributed by atoms with Gasteiger partial charge in [0.1, 0.15) is 5.52 Å². The van der Waals surface area contributed by atoms with Gasteiger partial charge in [-0.05, 0) is 26.2 Å². The number of amides is 1. The van der Waals surface area contributed by atoms with Gasteiger partial charge in [-0.25, -0.2) is 9.97 Å². The van der Waals surface area contributed by atoms with Gasteiger partial charge in [-0.15, -0.1) is 0 Å². The van der Waals surface area contributed by atoms with Gasteiger partial charge in [-0.3, -0.25) is 4.79 Å². The zero-order valence-corrected chi connectivity index (χ0v) is 15.2. The number of aromatic amines is 1. The van der Waals surface area contributed by atoms with Crippen molar-refractivity contribution < 1.29 is 9.90 Å². The predicted octanol–water partition coefficient (Wildman–Crippen LogP) is 3.14. The van der Waals surface area contributed by atoms with Crippen molar-refractivity contribution in [1.82, 2.24) is 20.3 Å². The van der Waals surface area contributed by atoms with Crippen molar-refractivity contribution >= 4 is 17.1 Å². The van der Waals surface area contributed by atoms with Crippen molar-refractivity contribution in [2.75, 3.05) is 0 Å². The molecule has 0 bridgehead atoms. The quantitative estimate of drug-likeness (QED) is 0.726. The molecule has 0 aliphatic carbocycles. The Hall–Kier alpha value is -1.95. The van der Waals surface area contributed by atoms with Crippen molar-refractivity contribution in [3.63, 3.8) is 0 Å². The van der Waals surface area contributed by atoms with E-state index in [2.05, 4.69) is 27.2 Å². The van der Waals surface area contributed by atoms with E-state index in [9.17, 15) is 9.90 Å². The number of carbonyl (C=O) groups excluding carboxylic acids is 1. The van der Waals surface area contributed by atoms with Gasteiger partial charge in [-0.2, -0.15) is 0 Å². The summed E-state index contributed by atoms with van der Waals surface area (Å²) in [6.07, 6.45) is 6.05. The van der Waals surface area contributed by atoms with Crippen molar-refractivity contribution in [2.24, 2.45) is 0 Å². The number of carbonyl (C=O) groups is 1. The van der Waals surface area contributed by atoms with Crippen molar-refractivity contribution in [3.8, 4) is 0 Å². The minimum atomic E-state index is -0.980. The molecule has 1 atom stereocenters. The number of hydrogen-bond donors (Lipinski definition) is 3. The Labute approximate surface area is 143 Å². The molecule has 0 fully saturated rings. The van der Waals surface area contributed by atoms with Crippen LogP contribution in [0.3, 0.4) is 0 Å². The highest BCUT2D eigenvalue weighted by Crippen LogP contribution is 2.20. The summed E-state index contributed by atoms with van der Waals surface area (Å²) in [5, 5.41) is 13.3. The van der Waals surface area contributed by atoms with Gasteiger partial charge in [0.05, 0.1) is 29.1 Å². The lowest BCUT2D eigenvalue weighted by Crippen LogP contribution is -2.49. The molecule has 2 heterocycles. The second kappa shape index (κ2) is 7.30. The molecular weight excluding hydrogens is 304 g/mol. The number of H-pyrrole nitrogens is 1. The molecule has 3 N–H and O–H groups in total. The van der Waals surface area contributed by atoms with Crippen LogP contribution in [-0.2, 0) is 0 Å². The molecule has 6 nitrogen and oxygen atoms in total. The monoisotopic (exact) mass is 332 g/mol. The normalized spacial score (nSPS) is 13.5. The summed E-state index contributed by atoms with van der Waals surface area (Å²) in [5.74, 6) is 0.000994. The van der Waals surface area contributed by atoms with Crippen LogP contribution in [0.5, 0.6) is 0 Å². The van der Waals surface area contributed by atoms with E-state index in [0.29, 0.717) is 16.7 Å². The van der Waals surface area contributed by atoms with E-state index in [1.165, 1.54) is 0 Å². The van der Waals surface area contributed by atoms with Crippen LogP contribution < -0.4 is 5.32 Å². The number of fused-ring (bicyclic) bond motifs is 1. The summed E-state index contributed by atoms with van der Waals surface area (Å²) in [6.45, 7) is 9.61. The van der Waals surface area contributed by atoms with Crippen LogP contribution in [0.25, 0.3) is 11.2 Å². The summed E-state index contributed by atoms with van der Waals surface area (Å²) in [7, 11) is 0. The first-order valence-electron chi connectivity index (χ1n) is 8.61. The standard InChI is InChI=1S/C18H28N4O2/c1-6-7-8-14(18(4,5)24)22-17(23)12-9-19-16-15(12)21-13(10-20-16)11(2)3/h9-11,14,24H,6-8H2,1-5H3,(H,19,20)(H,22,23)/t14-/m0/s1. The molecule has 1 amide bonds. The molecular formula is C18H28N4O2. The van der Waals surface area contributed by atoms with Gasteiger partial charge < -0.3 is 15.4 Å². The largest absolute Gasteiger partial charge is 0.388 e. The fraction of sp³-hybridized carbons (Fsp3) is 0.611. The number of aromatic nitrogens is 3. The van der Waals surface area contributed by atoms with E-state index in [-0.39, 0.29) is 17.9 Å². The van der Waals surface area contributed by atoms with Gasteiger partial charge in [-0.1, -0.05) is 33.6 Å². The van der Waals surface area contributed by atoms with Gasteiger partial charge in [0.15, 0.2) is 5.65 Å². The number of unbranched alkanes of at least 4 members (excludes halogenated alkanes) is 1. The molecule has 0 saturated heterocycles. The van der Waals surface area contributed by atoms with Gasteiger partial charge >= 0.3 is 0 Å². The van der Waals surface area contributed by atoms with Gasteiger partial charge in [0.2, 0.25) is 0 Å². The molecule has 0 aliphatic heterocycles. The number of aliphatic hydroxyl groups is 1. The summed E-state index contributed by atoms with van der Waals surface area (Å²) in [4.78, 5) is 24.6. The van der Waals surface area contributed by atoms with E-state index in [1.54, 1.807) is 26.2 Å². The van der Waals surface area contributed by atoms with Crippen LogP contribution in [0.4, 0.5) is 0 Å². The first kappa shape index (κ1) is 18.4. The first-order chi connectivity index (χ1) is 11.2. The van der Waals surface area contributed by atoms with E-state index in [1.807, 2.05) is 13.8 Å². The van der Waals surface area contributed by atoms with Crippen LogP contribution in [0.1, 0.15) is 75.9 Å². The second-order valence-electron chi connectivity index (χ2n) is 7.17. The molecule has 0 aromatic carbocycles. The first-order valence-corrected chi connectivity index (χ1v) is 8.61. The third kappa shape index (κ3) is 4.12. The molecule has 0 unspecified atom stereocenters. The lowest BCUT2D eigenvalue weighted by Gasteiger charge is -2.30.